The van der Waals surface area contributed by atoms with Gasteiger partial charge in [0, 0.05) is 6.20 Å². The number of nitrogens with zero attached hydrogens (tertiary/aromatic N) is 3. The zero-order valence-electron chi connectivity index (χ0n) is 7.29. The van der Waals surface area contributed by atoms with Crippen molar-refractivity contribution in [2.75, 3.05) is 0 Å². The quantitative estimate of drug-likeness (QED) is 0.753. The average molecular weight is 316 g/mol. The Morgan fingerprint density at radius 1 is 1.38 bits per heavy atom. The van der Waals surface area contributed by atoms with Crippen molar-refractivity contribution < 1.29 is 17.1 Å². The lowest BCUT2D eigenvalue weighted by atomic mass is 10.3. The molecule has 2 rings (SSSR count). The molecule has 0 atom stereocenters. The summed E-state index contributed by atoms with van der Waals surface area (Å²) < 4.78 is 50.9. The van der Waals surface area contributed by atoms with Crippen molar-refractivity contribution in [1.29, 1.82) is 0 Å². The van der Waals surface area contributed by atoms with Gasteiger partial charge in [-0.3, -0.25) is 0 Å². The van der Waals surface area contributed by atoms with Crippen LogP contribution in [0, 0.1) is 0 Å². The Morgan fingerprint density at radius 3 is 2.62 bits per heavy atom. The van der Waals surface area contributed by atoms with Gasteiger partial charge in [0.1, 0.15) is 15.7 Å². The van der Waals surface area contributed by atoms with Crippen molar-refractivity contribution in [3.8, 4) is 0 Å². The molecule has 0 N–H and O–H groups in total. The Morgan fingerprint density at radius 2 is 2.06 bits per heavy atom. The smallest absolute Gasteiger partial charge is 0.245 e. The van der Waals surface area contributed by atoms with Gasteiger partial charge in [-0.25, -0.2) is 13.9 Å². The van der Waals surface area contributed by atoms with Crippen LogP contribution in [-0.4, -0.2) is 13.9 Å². The van der Waals surface area contributed by atoms with Crippen LogP contribution in [0.2, 0.25) is 0 Å². The molecule has 0 aliphatic heterocycles. The third kappa shape index (κ3) is 1.88. The third-order valence-corrected chi connectivity index (χ3v) is 2.62. The highest BCUT2D eigenvalue weighted by Gasteiger charge is 2.36. The molecule has 9 heteroatoms. The molecule has 0 aliphatic carbocycles. The van der Waals surface area contributed by atoms with Gasteiger partial charge in [0.15, 0.2) is 18.0 Å². The highest BCUT2D eigenvalue weighted by atomic mass is 79.9. The predicted octanol–water partition coefficient (Wildman–Crippen LogP) is 3.59. The fourth-order valence-electron chi connectivity index (χ4n) is 1.20. The first kappa shape index (κ1) is 11.6. The maximum absolute atomic E-state index is 12.6. The van der Waals surface area contributed by atoms with Crippen LogP contribution in [0.1, 0.15) is 5.56 Å². The summed E-state index contributed by atoms with van der Waals surface area (Å²) in [5.74, 6) is 0. The number of aromatic nitrogens is 3. The summed E-state index contributed by atoms with van der Waals surface area (Å²) in [6.45, 7) is 0. The molecule has 0 amide bonds. The van der Waals surface area contributed by atoms with Gasteiger partial charge in [0.25, 0.3) is 0 Å². The molecule has 0 fully saturated rings. The number of halogens is 5. The molecule has 0 bridgehead atoms. The highest BCUT2D eigenvalue weighted by Crippen LogP contribution is 2.36. The van der Waals surface area contributed by atoms with Gasteiger partial charge in [0.2, 0.25) is 0 Å². The van der Waals surface area contributed by atoms with Crippen LogP contribution in [0.25, 0.3) is 11.2 Å². The van der Waals surface area contributed by atoms with E-state index >= 15 is 0 Å². The van der Waals surface area contributed by atoms with E-state index in [0.717, 1.165) is 0 Å². The van der Waals surface area contributed by atoms with Gasteiger partial charge in [-0.15, -0.1) is 3.89 Å². The van der Waals surface area contributed by atoms with Gasteiger partial charge in [-0.1, -0.05) is 0 Å². The van der Waals surface area contributed by atoms with E-state index in [2.05, 4.69) is 25.9 Å². The molecule has 0 radical (unpaired) electrons. The second kappa shape index (κ2) is 3.88. The SMILES string of the molecule is FSn1cc(C(F)(F)F)c2nc(Br)cnc21. The van der Waals surface area contributed by atoms with Gasteiger partial charge in [0.05, 0.1) is 6.20 Å². The molecule has 0 aromatic carbocycles. The Hall–Kier alpha value is -0.830. The van der Waals surface area contributed by atoms with Crippen LogP contribution in [0.15, 0.2) is 17.0 Å². The first-order valence-corrected chi connectivity index (χ1v) is 5.30. The second-order valence-corrected chi connectivity index (χ2v) is 4.14. The molecule has 0 aliphatic rings. The van der Waals surface area contributed by atoms with Crippen molar-refractivity contribution in [3.63, 3.8) is 0 Å². The molecule has 2 heterocycles. The van der Waals surface area contributed by atoms with Crippen LogP contribution >= 0.6 is 28.3 Å². The molecule has 0 unspecified atom stereocenters. The monoisotopic (exact) mass is 315 g/mol. The number of hydrogen-bond donors (Lipinski definition) is 0. The summed E-state index contributed by atoms with van der Waals surface area (Å²) in [5.41, 5.74) is -1.56. The molecule has 0 saturated heterocycles. The summed E-state index contributed by atoms with van der Waals surface area (Å²) in [4.78, 5) is 7.32. The number of fused-ring (bicyclic) bond motifs is 1. The van der Waals surface area contributed by atoms with E-state index < -0.39 is 11.7 Å². The first-order valence-electron chi connectivity index (χ1n) is 3.83. The zero-order chi connectivity index (χ0) is 11.9. The van der Waals surface area contributed by atoms with Gasteiger partial charge in [-0.2, -0.15) is 13.2 Å². The van der Waals surface area contributed by atoms with Crippen LogP contribution in [-0.2, 0) is 6.18 Å². The number of hydrogen-bond acceptors (Lipinski definition) is 3. The Kier molecular flexibility index (Phi) is 2.82. The van der Waals surface area contributed by atoms with E-state index in [1.165, 1.54) is 6.20 Å². The van der Waals surface area contributed by atoms with Crippen LogP contribution in [0.3, 0.4) is 0 Å². The Balaban J connectivity index is 2.79. The van der Waals surface area contributed by atoms with Crippen molar-refractivity contribution in [3.05, 3.63) is 22.6 Å². The molecule has 86 valence electrons. The van der Waals surface area contributed by atoms with E-state index in [9.17, 15) is 17.1 Å². The Labute approximate surface area is 99.4 Å². The van der Waals surface area contributed by atoms with E-state index in [-0.39, 0.29) is 28.1 Å². The minimum Gasteiger partial charge on any atom is -0.245 e. The topological polar surface area (TPSA) is 30.7 Å². The lowest BCUT2D eigenvalue weighted by molar-refractivity contribution is -0.136. The van der Waals surface area contributed by atoms with Gasteiger partial charge >= 0.3 is 6.18 Å². The molecule has 0 saturated carbocycles. The van der Waals surface area contributed by atoms with Crippen LogP contribution < -0.4 is 0 Å². The molecule has 2 aromatic heterocycles. The fourth-order valence-corrected chi connectivity index (χ4v) is 1.83. The van der Waals surface area contributed by atoms with E-state index in [1.54, 1.807) is 0 Å². The average Bonchev–Trinajstić information content (AvgIpc) is 2.54. The fraction of sp³-hybridized carbons (Fsp3) is 0.143. The Bertz CT molecular complexity index is 538. The van der Waals surface area contributed by atoms with Crippen molar-refractivity contribution in [2.24, 2.45) is 0 Å². The van der Waals surface area contributed by atoms with Crippen LogP contribution in [0.5, 0.6) is 0 Å². The predicted molar refractivity (Wildman–Crippen MR) is 54.3 cm³/mol. The van der Waals surface area contributed by atoms with Crippen molar-refractivity contribution in [1.82, 2.24) is 13.9 Å². The second-order valence-electron chi connectivity index (χ2n) is 2.80. The summed E-state index contributed by atoms with van der Waals surface area (Å²) in [6, 6.07) is 0. The first-order chi connectivity index (χ1) is 7.43. The zero-order valence-corrected chi connectivity index (χ0v) is 9.70. The standard InChI is InChI=1S/C7H2BrF4N3S/c8-4-1-13-6-5(14-4)3(7(9,10)11)2-15(6)16-12/h1-2H. The summed E-state index contributed by atoms with van der Waals surface area (Å²) >= 11 is 2.55. The third-order valence-electron chi connectivity index (χ3n) is 1.81. The molecular formula is C7H2BrF4N3S. The number of rotatable bonds is 1. The van der Waals surface area contributed by atoms with E-state index in [1.807, 2.05) is 0 Å². The molecule has 0 spiro atoms. The van der Waals surface area contributed by atoms with Gasteiger partial charge in [-0.05, 0) is 15.9 Å². The molecule has 16 heavy (non-hydrogen) atoms. The van der Waals surface area contributed by atoms with E-state index in [0.29, 0.717) is 10.2 Å². The minimum atomic E-state index is -4.59. The normalized spacial score (nSPS) is 12.3. The van der Waals surface area contributed by atoms with Gasteiger partial charge < -0.3 is 0 Å². The maximum atomic E-state index is 12.6. The number of alkyl halides is 3. The molecular weight excluding hydrogens is 314 g/mol. The van der Waals surface area contributed by atoms with Crippen molar-refractivity contribution >= 4 is 39.4 Å². The summed E-state index contributed by atoms with van der Waals surface area (Å²) in [5, 5.41) is 0. The lowest BCUT2D eigenvalue weighted by Gasteiger charge is -2.02. The highest BCUT2D eigenvalue weighted by molar-refractivity contribution is 9.10. The molecule has 3 nitrogen and oxygen atoms in total. The van der Waals surface area contributed by atoms with Crippen molar-refractivity contribution in [2.45, 2.75) is 6.18 Å². The summed E-state index contributed by atoms with van der Waals surface area (Å²) in [7, 11) is 0. The largest absolute Gasteiger partial charge is 0.420 e. The minimum absolute atomic E-state index is 0.159. The maximum Gasteiger partial charge on any atom is 0.420 e. The lowest BCUT2D eigenvalue weighted by Crippen LogP contribution is -2.04. The molecule has 2 aromatic rings. The summed E-state index contributed by atoms with van der Waals surface area (Å²) in [6.07, 6.45) is -2.76. The van der Waals surface area contributed by atoms with Crippen LogP contribution in [0.4, 0.5) is 17.1 Å². The van der Waals surface area contributed by atoms with E-state index in [4.69, 9.17) is 0 Å².